The first kappa shape index (κ1) is 7.96. The van der Waals surface area contributed by atoms with E-state index in [0.29, 0.717) is 5.75 Å². The fraction of sp³-hybridized carbons (Fsp3) is 0.143. The molecule has 1 aliphatic heterocycles. The van der Waals surface area contributed by atoms with Crippen LogP contribution in [0.1, 0.15) is 0 Å². The minimum absolute atomic E-state index is 0.0122. The molecule has 1 heterocycles. The van der Waals surface area contributed by atoms with Gasteiger partial charge in [0, 0.05) is 0 Å². The molecule has 1 atom stereocenters. The zero-order valence-electron chi connectivity index (χ0n) is 6.16. The van der Waals surface area contributed by atoms with Crippen molar-refractivity contribution in [1.82, 2.24) is 0 Å². The average molecular weight is 204 g/mol. The molecular weight excluding hydrogens is 197 g/mol. The van der Waals surface area contributed by atoms with Gasteiger partial charge in [-0.05, 0) is 12.1 Å². The predicted octanol–water partition coefficient (Wildman–Crippen LogP) is 2.88. The van der Waals surface area contributed by atoms with Crippen LogP contribution in [0.15, 0.2) is 24.3 Å². The van der Waals surface area contributed by atoms with Crippen LogP contribution < -0.4 is 9.61 Å². The summed E-state index contributed by atoms with van der Waals surface area (Å²) in [6.07, 6.45) is 0. The Morgan fingerprint density at radius 2 is 2.25 bits per heavy atom. The number of anilines is 1. The molecule has 0 radical (unpaired) electrons. The molecule has 0 saturated heterocycles. The largest absolute Gasteiger partial charge is 0.426 e. The number of rotatable bonds is 1. The SMILES string of the molecule is O=P1(CCl)Nc2ccccc2O1. The molecule has 0 bridgehead atoms. The van der Waals surface area contributed by atoms with Crippen LogP contribution in [0.4, 0.5) is 5.69 Å². The van der Waals surface area contributed by atoms with E-state index in [1.54, 1.807) is 6.07 Å². The maximum absolute atomic E-state index is 11.6. The maximum atomic E-state index is 11.6. The van der Waals surface area contributed by atoms with E-state index in [4.69, 9.17) is 16.1 Å². The maximum Gasteiger partial charge on any atom is 0.355 e. The van der Waals surface area contributed by atoms with Gasteiger partial charge in [0.05, 0.1) is 5.69 Å². The van der Waals surface area contributed by atoms with Crippen molar-refractivity contribution in [3.05, 3.63) is 24.3 Å². The highest BCUT2D eigenvalue weighted by atomic mass is 35.5. The zero-order chi connectivity index (χ0) is 8.60. The summed E-state index contributed by atoms with van der Waals surface area (Å²) < 4.78 is 16.7. The monoisotopic (exact) mass is 203 g/mol. The molecule has 0 amide bonds. The minimum Gasteiger partial charge on any atom is -0.426 e. The van der Waals surface area contributed by atoms with Gasteiger partial charge in [-0.25, -0.2) is 0 Å². The number of halogens is 1. The van der Waals surface area contributed by atoms with Gasteiger partial charge in [0.15, 0.2) is 5.75 Å². The topological polar surface area (TPSA) is 38.3 Å². The van der Waals surface area contributed by atoms with Gasteiger partial charge in [-0.15, -0.1) is 11.6 Å². The highest BCUT2D eigenvalue weighted by Gasteiger charge is 2.31. The summed E-state index contributed by atoms with van der Waals surface area (Å²) in [6.45, 7) is 0. The number of nitrogens with one attached hydrogen (secondary N) is 1. The molecule has 0 saturated carbocycles. The quantitative estimate of drug-likeness (QED) is 0.563. The Morgan fingerprint density at radius 1 is 1.50 bits per heavy atom. The van der Waals surface area contributed by atoms with E-state index in [-0.39, 0.29) is 5.62 Å². The lowest BCUT2D eigenvalue weighted by Gasteiger charge is -2.05. The second-order valence-electron chi connectivity index (χ2n) is 2.49. The summed E-state index contributed by atoms with van der Waals surface area (Å²) in [5, 5.41) is 2.76. The molecule has 0 fully saturated rings. The standard InChI is InChI=1S/C7H7ClNO2P/c8-5-12(10)9-6-3-1-2-4-7(6)11-12/h1-4H,5H2,(H,9,10). The Labute approximate surface area is 75.2 Å². The van der Waals surface area contributed by atoms with Gasteiger partial charge in [-0.1, -0.05) is 12.1 Å². The van der Waals surface area contributed by atoms with Crippen molar-refractivity contribution in [2.24, 2.45) is 0 Å². The van der Waals surface area contributed by atoms with Crippen molar-refractivity contribution in [3.8, 4) is 5.75 Å². The summed E-state index contributed by atoms with van der Waals surface area (Å²) in [5.74, 6) is 0.612. The number of hydrogen-bond donors (Lipinski definition) is 1. The van der Waals surface area contributed by atoms with Gasteiger partial charge < -0.3 is 9.61 Å². The third-order valence-electron chi connectivity index (χ3n) is 1.58. The van der Waals surface area contributed by atoms with Crippen LogP contribution in [0.3, 0.4) is 0 Å². The molecule has 3 nitrogen and oxygen atoms in total. The molecule has 12 heavy (non-hydrogen) atoms. The van der Waals surface area contributed by atoms with Crippen molar-refractivity contribution in [2.45, 2.75) is 0 Å². The first-order valence-corrected chi connectivity index (χ1v) is 5.80. The molecule has 1 aliphatic rings. The smallest absolute Gasteiger partial charge is 0.355 e. The van der Waals surface area contributed by atoms with E-state index in [2.05, 4.69) is 5.09 Å². The van der Waals surface area contributed by atoms with E-state index in [1.807, 2.05) is 18.2 Å². The molecule has 0 aliphatic carbocycles. The molecule has 1 aromatic rings. The van der Waals surface area contributed by atoms with Crippen LogP contribution in [0.25, 0.3) is 0 Å². The fourth-order valence-corrected chi connectivity index (χ4v) is 2.57. The zero-order valence-corrected chi connectivity index (χ0v) is 7.81. The average Bonchev–Trinajstić information content (AvgIpc) is 2.42. The molecule has 2 rings (SSSR count). The number of benzene rings is 1. The van der Waals surface area contributed by atoms with Crippen molar-refractivity contribution in [3.63, 3.8) is 0 Å². The van der Waals surface area contributed by atoms with Crippen LogP contribution in [0.2, 0.25) is 0 Å². The van der Waals surface area contributed by atoms with E-state index >= 15 is 0 Å². The summed E-state index contributed by atoms with van der Waals surface area (Å²) in [5.41, 5.74) is 0.739. The summed E-state index contributed by atoms with van der Waals surface area (Å²) in [4.78, 5) is 0. The molecule has 64 valence electrons. The van der Waals surface area contributed by atoms with E-state index in [1.165, 1.54) is 0 Å². The Bertz CT molecular complexity index is 326. The van der Waals surface area contributed by atoms with Gasteiger partial charge in [0.2, 0.25) is 0 Å². The summed E-state index contributed by atoms with van der Waals surface area (Å²) in [7, 11) is -2.82. The van der Waals surface area contributed by atoms with E-state index in [0.717, 1.165) is 5.69 Å². The number of fused-ring (bicyclic) bond motifs is 1. The Kier molecular flexibility index (Phi) is 1.78. The molecule has 0 spiro atoms. The Morgan fingerprint density at radius 3 is 2.92 bits per heavy atom. The summed E-state index contributed by atoms with van der Waals surface area (Å²) >= 11 is 5.49. The molecular formula is C7H7ClNO2P. The third kappa shape index (κ3) is 1.19. The van der Waals surface area contributed by atoms with Gasteiger partial charge >= 0.3 is 7.52 Å². The highest BCUT2D eigenvalue weighted by molar-refractivity contribution is 7.63. The third-order valence-corrected chi connectivity index (χ3v) is 3.91. The molecule has 1 aromatic carbocycles. The second kappa shape index (κ2) is 2.68. The van der Waals surface area contributed by atoms with Crippen molar-refractivity contribution < 1.29 is 9.09 Å². The van der Waals surface area contributed by atoms with Gasteiger partial charge in [-0.3, -0.25) is 4.57 Å². The van der Waals surface area contributed by atoms with Crippen molar-refractivity contribution in [1.29, 1.82) is 0 Å². The summed E-state index contributed by atoms with van der Waals surface area (Å²) in [6, 6.07) is 7.24. The number of alkyl halides is 1. The van der Waals surface area contributed by atoms with Crippen LogP contribution >= 0.6 is 19.1 Å². The predicted molar refractivity (Wildman–Crippen MR) is 49.0 cm³/mol. The lowest BCUT2D eigenvalue weighted by molar-refractivity contribution is 0.502. The van der Waals surface area contributed by atoms with Crippen molar-refractivity contribution in [2.75, 3.05) is 10.7 Å². The lowest BCUT2D eigenvalue weighted by atomic mass is 10.3. The molecule has 5 heteroatoms. The lowest BCUT2D eigenvalue weighted by Crippen LogP contribution is -1.94. The first-order chi connectivity index (χ1) is 5.73. The number of para-hydroxylation sites is 2. The number of hydrogen-bond acceptors (Lipinski definition) is 2. The van der Waals surface area contributed by atoms with Gasteiger partial charge in [0.1, 0.15) is 5.62 Å². The first-order valence-electron chi connectivity index (χ1n) is 3.45. The van der Waals surface area contributed by atoms with Crippen LogP contribution in [-0.4, -0.2) is 5.62 Å². The van der Waals surface area contributed by atoms with Gasteiger partial charge in [0.25, 0.3) is 0 Å². The molecule has 1 unspecified atom stereocenters. The van der Waals surface area contributed by atoms with Crippen LogP contribution in [0, 0.1) is 0 Å². The molecule has 0 aromatic heterocycles. The fourth-order valence-electron chi connectivity index (χ4n) is 1.06. The minimum atomic E-state index is -2.82. The Hall–Kier alpha value is -0.660. The molecule has 1 N–H and O–H groups in total. The second-order valence-corrected chi connectivity index (χ2v) is 5.20. The van der Waals surface area contributed by atoms with Crippen LogP contribution in [0.5, 0.6) is 5.75 Å². The van der Waals surface area contributed by atoms with E-state index < -0.39 is 7.52 Å². The normalized spacial score (nSPS) is 25.8. The van der Waals surface area contributed by atoms with E-state index in [9.17, 15) is 4.57 Å². The van der Waals surface area contributed by atoms with Gasteiger partial charge in [-0.2, -0.15) is 0 Å². The van der Waals surface area contributed by atoms with Crippen LogP contribution in [-0.2, 0) is 4.57 Å². The Balaban J connectivity index is 2.39. The van der Waals surface area contributed by atoms with Crippen molar-refractivity contribution >= 4 is 24.8 Å². The highest BCUT2D eigenvalue weighted by Crippen LogP contribution is 2.56.